The fraction of sp³-hybridized carbons (Fsp3) is 0.538. The minimum absolute atomic E-state index is 0.470. The number of nitrogens with zero attached hydrogens (tertiary/aromatic N) is 1. The SMILES string of the molecule is CCN(CC)CCOc1cc(Cl)ccc1CN. The number of benzene rings is 1. The Morgan fingerprint density at radius 2 is 2.00 bits per heavy atom. The maximum Gasteiger partial charge on any atom is 0.125 e. The highest BCUT2D eigenvalue weighted by atomic mass is 35.5. The van der Waals surface area contributed by atoms with E-state index < -0.39 is 0 Å². The van der Waals surface area contributed by atoms with E-state index >= 15 is 0 Å². The highest BCUT2D eigenvalue weighted by Crippen LogP contribution is 2.22. The summed E-state index contributed by atoms with van der Waals surface area (Å²) < 4.78 is 5.74. The van der Waals surface area contributed by atoms with E-state index in [0.29, 0.717) is 18.2 Å². The molecule has 0 unspecified atom stereocenters. The predicted molar refractivity (Wildman–Crippen MR) is 72.6 cm³/mol. The lowest BCUT2D eigenvalue weighted by molar-refractivity contribution is 0.221. The van der Waals surface area contributed by atoms with Crippen LogP contribution in [0.1, 0.15) is 19.4 Å². The minimum atomic E-state index is 0.470. The lowest BCUT2D eigenvalue weighted by atomic mass is 10.2. The van der Waals surface area contributed by atoms with Crippen LogP contribution in [0, 0.1) is 0 Å². The molecule has 1 aromatic rings. The van der Waals surface area contributed by atoms with Crippen molar-refractivity contribution in [2.75, 3.05) is 26.2 Å². The summed E-state index contributed by atoms with van der Waals surface area (Å²) in [7, 11) is 0. The second-order valence-corrected chi connectivity index (χ2v) is 4.27. The Morgan fingerprint density at radius 1 is 1.29 bits per heavy atom. The minimum Gasteiger partial charge on any atom is -0.492 e. The summed E-state index contributed by atoms with van der Waals surface area (Å²) in [6.45, 7) is 8.43. The molecule has 0 atom stereocenters. The second kappa shape index (κ2) is 7.54. The molecule has 0 saturated carbocycles. The Kier molecular flexibility index (Phi) is 6.34. The molecule has 0 spiro atoms. The van der Waals surface area contributed by atoms with Gasteiger partial charge in [-0.3, -0.25) is 0 Å². The molecule has 3 nitrogen and oxygen atoms in total. The third-order valence-corrected chi connectivity index (χ3v) is 3.04. The van der Waals surface area contributed by atoms with Crippen LogP contribution in [-0.4, -0.2) is 31.1 Å². The molecule has 0 amide bonds. The smallest absolute Gasteiger partial charge is 0.125 e. The Hall–Kier alpha value is -0.770. The van der Waals surface area contributed by atoms with E-state index in [4.69, 9.17) is 22.1 Å². The summed E-state index contributed by atoms with van der Waals surface area (Å²) in [4.78, 5) is 2.31. The van der Waals surface area contributed by atoms with Crippen molar-refractivity contribution in [3.8, 4) is 5.75 Å². The highest BCUT2D eigenvalue weighted by molar-refractivity contribution is 6.30. The van der Waals surface area contributed by atoms with Gasteiger partial charge in [0, 0.05) is 23.7 Å². The van der Waals surface area contributed by atoms with Crippen molar-refractivity contribution in [3.63, 3.8) is 0 Å². The van der Waals surface area contributed by atoms with Gasteiger partial charge >= 0.3 is 0 Å². The molecule has 0 aliphatic carbocycles. The fourth-order valence-electron chi connectivity index (χ4n) is 1.66. The first-order valence-electron chi connectivity index (χ1n) is 6.04. The van der Waals surface area contributed by atoms with Crippen LogP contribution in [0.3, 0.4) is 0 Å². The summed E-state index contributed by atoms with van der Waals surface area (Å²) in [6, 6.07) is 5.57. The summed E-state index contributed by atoms with van der Waals surface area (Å²) in [5, 5.41) is 0.681. The van der Waals surface area contributed by atoms with Gasteiger partial charge < -0.3 is 15.4 Å². The fourth-order valence-corrected chi connectivity index (χ4v) is 1.82. The van der Waals surface area contributed by atoms with Crippen LogP contribution < -0.4 is 10.5 Å². The molecule has 96 valence electrons. The van der Waals surface area contributed by atoms with Crippen molar-refractivity contribution in [2.45, 2.75) is 20.4 Å². The molecule has 0 bridgehead atoms. The first-order valence-corrected chi connectivity index (χ1v) is 6.42. The van der Waals surface area contributed by atoms with Gasteiger partial charge in [0.25, 0.3) is 0 Å². The number of ether oxygens (including phenoxy) is 1. The monoisotopic (exact) mass is 256 g/mol. The molecular formula is C13H21ClN2O. The molecule has 0 aromatic heterocycles. The van der Waals surface area contributed by atoms with Crippen molar-refractivity contribution >= 4 is 11.6 Å². The third kappa shape index (κ3) is 4.54. The van der Waals surface area contributed by atoms with Gasteiger partial charge in [0.15, 0.2) is 0 Å². The van der Waals surface area contributed by atoms with Gasteiger partial charge in [0.2, 0.25) is 0 Å². The third-order valence-electron chi connectivity index (χ3n) is 2.81. The van der Waals surface area contributed by atoms with E-state index in [1.54, 1.807) is 0 Å². The van der Waals surface area contributed by atoms with E-state index in [2.05, 4.69) is 18.7 Å². The summed E-state index contributed by atoms with van der Waals surface area (Å²) in [5.41, 5.74) is 6.65. The Labute approximate surface area is 109 Å². The molecule has 0 aliphatic heterocycles. The molecule has 0 fully saturated rings. The van der Waals surface area contributed by atoms with Crippen LogP contribution in [0.4, 0.5) is 0 Å². The maximum atomic E-state index is 5.94. The van der Waals surface area contributed by atoms with Gasteiger partial charge in [-0.2, -0.15) is 0 Å². The number of halogens is 1. The van der Waals surface area contributed by atoms with Crippen LogP contribution in [0.2, 0.25) is 5.02 Å². The number of likely N-dealkylation sites (N-methyl/N-ethyl adjacent to an activating group) is 1. The first-order chi connectivity index (χ1) is 8.21. The standard InChI is InChI=1S/C13H21ClN2O/c1-3-16(4-2)7-8-17-13-9-12(14)6-5-11(13)10-15/h5-6,9H,3-4,7-8,10,15H2,1-2H3. The zero-order chi connectivity index (χ0) is 12.7. The van der Waals surface area contributed by atoms with Gasteiger partial charge in [0.05, 0.1) is 0 Å². The zero-order valence-corrected chi connectivity index (χ0v) is 11.3. The summed E-state index contributed by atoms with van der Waals surface area (Å²) >= 11 is 5.94. The number of hydrogen-bond donors (Lipinski definition) is 1. The maximum absolute atomic E-state index is 5.94. The quantitative estimate of drug-likeness (QED) is 0.815. The topological polar surface area (TPSA) is 38.5 Å². The summed E-state index contributed by atoms with van der Waals surface area (Å²) in [5.74, 6) is 0.798. The van der Waals surface area contributed by atoms with Crippen molar-refractivity contribution in [2.24, 2.45) is 5.73 Å². The first kappa shape index (κ1) is 14.3. The normalized spacial score (nSPS) is 10.9. The predicted octanol–water partition coefficient (Wildman–Crippen LogP) is 2.52. The second-order valence-electron chi connectivity index (χ2n) is 3.83. The van der Waals surface area contributed by atoms with Crippen LogP contribution in [0.5, 0.6) is 5.75 Å². The average molecular weight is 257 g/mol. The van der Waals surface area contributed by atoms with Crippen LogP contribution >= 0.6 is 11.6 Å². The molecule has 1 aromatic carbocycles. The van der Waals surface area contributed by atoms with Crippen LogP contribution in [-0.2, 0) is 6.54 Å². The summed E-state index contributed by atoms with van der Waals surface area (Å²) in [6.07, 6.45) is 0. The lowest BCUT2D eigenvalue weighted by Crippen LogP contribution is -2.28. The molecule has 17 heavy (non-hydrogen) atoms. The van der Waals surface area contributed by atoms with Gasteiger partial charge in [-0.15, -0.1) is 0 Å². The van der Waals surface area contributed by atoms with Crippen LogP contribution in [0.15, 0.2) is 18.2 Å². The van der Waals surface area contributed by atoms with Gasteiger partial charge in [-0.05, 0) is 25.2 Å². The Morgan fingerprint density at radius 3 is 2.59 bits per heavy atom. The molecule has 0 aliphatic rings. The van der Waals surface area contributed by atoms with Gasteiger partial charge in [-0.1, -0.05) is 31.5 Å². The molecule has 4 heteroatoms. The molecule has 2 N–H and O–H groups in total. The number of hydrogen-bond acceptors (Lipinski definition) is 3. The van der Waals surface area contributed by atoms with Crippen LogP contribution in [0.25, 0.3) is 0 Å². The zero-order valence-electron chi connectivity index (χ0n) is 10.6. The molecular weight excluding hydrogens is 236 g/mol. The molecule has 1 rings (SSSR count). The van der Waals surface area contributed by atoms with Crippen molar-refractivity contribution < 1.29 is 4.74 Å². The van der Waals surface area contributed by atoms with Crippen molar-refractivity contribution in [1.82, 2.24) is 4.90 Å². The Bertz CT molecular complexity index is 340. The Balaban J connectivity index is 2.53. The highest BCUT2D eigenvalue weighted by Gasteiger charge is 2.04. The molecule has 0 heterocycles. The van der Waals surface area contributed by atoms with Gasteiger partial charge in [0.1, 0.15) is 12.4 Å². The van der Waals surface area contributed by atoms with E-state index in [1.165, 1.54) is 0 Å². The van der Waals surface area contributed by atoms with E-state index in [-0.39, 0.29) is 0 Å². The lowest BCUT2D eigenvalue weighted by Gasteiger charge is -2.18. The van der Waals surface area contributed by atoms with E-state index in [1.807, 2.05) is 18.2 Å². The largest absolute Gasteiger partial charge is 0.492 e. The van der Waals surface area contributed by atoms with E-state index in [9.17, 15) is 0 Å². The number of nitrogens with two attached hydrogens (primary N) is 1. The number of rotatable bonds is 7. The van der Waals surface area contributed by atoms with E-state index in [0.717, 1.165) is 30.9 Å². The average Bonchev–Trinajstić information content (AvgIpc) is 2.35. The van der Waals surface area contributed by atoms with Gasteiger partial charge in [-0.25, -0.2) is 0 Å². The van der Waals surface area contributed by atoms with Crippen molar-refractivity contribution in [1.29, 1.82) is 0 Å². The molecule has 0 radical (unpaired) electrons. The van der Waals surface area contributed by atoms with Crippen molar-refractivity contribution in [3.05, 3.63) is 28.8 Å². The molecule has 0 saturated heterocycles.